The van der Waals surface area contributed by atoms with Crippen LogP contribution < -0.4 is 16.0 Å². The van der Waals surface area contributed by atoms with Crippen molar-refractivity contribution in [2.45, 2.75) is 33.2 Å². The summed E-state index contributed by atoms with van der Waals surface area (Å²) in [6.07, 6.45) is 0.895. The quantitative estimate of drug-likeness (QED) is 0.706. The van der Waals surface area contributed by atoms with Crippen LogP contribution in [0.1, 0.15) is 25.8 Å². The highest BCUT2D eigenvalue weighted by Crippen LogP contribution is 2.08. The van der Waals surface area contributed by atoms with Crippen molar-refractivity contribution in [3.05, 3.63) is 29.8 Å². The van der Waals surface area contributed by atoms with Crippen LogP contribution in [0.2, 0.25) is 0 Å². The number of hydrogen-bond acceptors (Lipinski definition) is 3. The second-order valence-electron chi connectivity index (χ2n) is 4.81. The molecule has 1 aromatic rings. The van der Waals surface area contributed by atoms with E-state index in [1.54, 1.807) is 6.92 Å². The molecule has 1 atom stereocenters. The van der Waals surface area contributed by atoms with Crippen LogP contribution in [0.25, 0.3) is 0 Å². The number of carbonyl (C=O) groups excluding carboxylic acids is 2. The number of carbonyl (C=O) groups is 2. The van der Waals surface area contributed by atoms with E-state index < -0.39 is 0 Å². The normalized spacial score (nSPS) is 11.8. The molecule has 0 aliphatic heterocycles. The van der Waals surface area contributed by atoms with E-state index in [1.165, 1.54) is 0 Å². The first-order valence-electron chi connectivity index (χ1n) is 6.90. The van der Waals surface area contributed by atoms with Crippen molar-refractivity contribution in [2.75, 3.05) is 18.4 Å². The third-order valence-electron chi connectivity index (χ3n) is 2.81. The Morgan fingerprint density at radius 1 is 1.30 bits per heavy atom. The van der Waals surface area contributed by atoms with Gasteiger partial charge in [0, 0.05) is 12.2 Å². The van der Waals surface area contributed by atoms with Crippen molar-refractivity contribution in [3.63, 3.8) is 0 Å². The molecule has 0 aliphatic carbocycles. The van der Waals surface area contributed by atoms with Gasteiger partial charge in [-0.1, -0.05) is 19.1 Å². The van der Waals surface area contributed by atoms with Crippen molar-refractivity contribution in [2.24, 2.45) is 0 Å². The molecule has 3 N–H and O–H groups in total. The lowest BCUT2D eigenvalue weighted by molar-refractivity contribution is -0.123. The number of nitrogens with one attached hydrogen (secondary N) is 3. The zero-order valence-electron chi connectivity index (χ0n) is 12.3. The molecule has 5 nitrogen and oxygen atoms in total. The van der Waals surface area contributed by atoms with Gasteiger partial charge in [0.25, 0.3) is 0 Å². The molecule has 1 unspecified atom stereocenters. The Labute approximate surface area is 120 Å². The molecule has 2 amide bonds. The van der Waals surface area contributed by atoms with Crippen LogP contribution >= 0.6 is 0 Å². The summed E-state index contributed by atoms with van der Waals surface area (Å²) in [6, 6.07) is 7.20. The summed E-state index contributed by atoms with van der Waals surface area (Å²) in [7, 11) is 0. The van der Waals surface area contributed by atoms with E-state index in [0.717, 1.165) is 17.7 Å². The molecule has 0 fully saturated rings. The minimum absolute atomic E-state index is 0.0878. The van der Waals surface area contributed by atoms with E-state index in [1.807, 2.05) is 38.1 Å². The number of benzene rings is 1. The number of amides is 2. The standard InChI is InChI=1S/C15H23N3O2/c1-4-8-16-15(20)12(3)17-10-14(19)18-13-7-5-6-11(2)9-13/h5-7,9,12,17H,4,8,10H2,1-3H3,(H,16,20)(H,18,19). The molecule has 0 heterocycles. The van der Waals surface area contributed by atoms with Gasteiger partial charge >= 0.3 is 0 Å². The fourth-order valence-electron chi connectivity index (χ4n) is 1.67. The first kappa shape index (κ1) is 16.2. The Bertz CT molecular complexity index is 460. The maximum atomic E-state index is 11.8. The lowest BCUT2D eigenvalue weighted by Crippen LogP contribution is -2.45. The van der Waals surface area contributed by atoms with E-state index in [2.05, 4.69) is 16.0 Å². The molecular formula is C15H23N3O2. The van der Waals surface area contributed by atoms with Crippen molar-refractivity contribution in [1.82, 2.24) is 10.6 Å². The van der Waals surface area contributed by atoms with Gasteiger partial charge in [-0.3, -0.25) is 14.9 Å². The SMILES string of the molecule is CCCNC(=O)C(C)NCC(=O)Nc1cccc(C)c1. The highest BCUT2D eigenvalue weighted by Gasteiger charge is 2.12. The predicted molar refractivity (Wildman–Crippen MR) is 80.6 cm³/mol. The molecule has 0 radical (unpaired) electrons. The summed E-state index contributed by atoms with van der Waals surface area (Å²) < 4.78 is 0. The molecule has 1 rings (SSSR count). The molecule has 20 heavy (non-hydrogen) atoms. The molecule has 0 aliphatic rings. The van der Waals surface area contributed by atoms with Crippen LogP contribution in [0.15, 0.2) is 24.3 Å². The summed E-state index contributed by atoms with van der Waals surface area (Å²) in [6.45, 7) is 6.46. The molecular weight excluding hydrogens is 254 g/mol. The molecule has 110 valence electrons. The predicted octanol–water partition coefficient (Wildman–Crippen LogP) is 1.44. The smallest absolute Gasteiger partial charge is 0.238 e. The van der Waals surface area contributed by atoms with E-state index in [0.29, 0.717) is 6.54 Å². The van der Waals surface area contributed by atoms with Crippen LogP contribution in [0.5, 0.6) is 0 Å². The fraction of sp³-hybridized carbons (Fsp3) is 0.467. The third-order valence-corrected chi connectivity index (χ3v) is 2.81. The zero-order valence-corrected chi connectivity index (χ0v) is 12.3. The van der Waals surface area contributed by atoms with Crippen LogP contribution in [-0.2, 0) is 9.59 Å². The lowest BCUT2D eigenvalue weighted by atomic mass is 10.2. The van der Waals surface area contributed by atoms with Crippen molar-refractivity contribution in [3.8, 4) is 0 Å². The van der Waals surface area contributed by atoms with E-state index in [-0.39, 0.29) is 24.4 Å². The van der Waals surface area contributed by atoms with Gasteiger partial charge in [-0.05, 0) is 38.0 Å². The molecule has 0 spiro atoms. The van der Waals surface area contributed by atoms with Gasteiger partial charge in [0.2, 0.25) is 11.8 Å². The summed E-state index contributed by atoms with van der Waals surface area (Å²) in [5.74, 6) is -0.249. The van der Waals surface area contributed by atoms with Gasteiger partial charge in [-0.25, -0.2) is 0 Å². The maximum Gasteiger partial charge on any atom is 0.238 e. The molecule has 0 saturated carbocycles. The Morgan fingerprint density at radius 3 is 2.70 bits per heavy atom. The highest BCUT2D eigenvalue weighted by molar-refractivity contribution is 5.92. The molecule has 0 bridgehead atoms. The van der Waals surface area contributed by atoms with Crippen molar-refractivity contribution in [1.29, 1.82) is 0 Å². The third kappa shape index (κ3) is 5.84. The van der Waals surface area contributed by atoms with Crippen LogP contribution in [0.4, 0.5) is 5.69 Å². The number of anilines is 1. The summed E-state index contributed by atoms with van der Waals surface area (Å²) in [5, 5.41) is 8.47. The Hall–Kier alpha value is -1.88. The number of aryl methyl sites for hydroxylation is 1. The Morgan fingerprint density at radius 2 is 2.05 bits per heavy atom. The Balaban J connectivity index is 2.34. The van der Waals surface area contributed by atoms with Crippen LogP contribution in [0.3, 0.4) is 0 Å². The van der Waals surface area contributed by atoms with Gasteiger partial charge in [-0.2, -0.15) is 0 Å². The summed E-state index contributed by atoms with van der Waals surface area (Å²) >= 11 is 0. The topological polar surface area (TPSA) is 70.2 Å². The minimum Gasteiger partial charge on any atom is -0.355 e. The minimum atomic E-state index is -0.384. The maximum absolute atomic E-state index is 11.8. The lowest BCUT2D eigenvalue weighted by Gasteiger charge is -2.13. The second-order valence-corrected chi connectivity index (χ2v) is 4.81. The van der Waals surface area contributed by atoms with Gasteiger partial charge in [-0.15, -0.1) is 0 Å². The largest absolute Gasteiger partial charge is 0.355 e. The van der Waals surface area contributed by atoms with E-state index in [9.17, 15) is 9.59 Å². The molecule has 0 saturated heterocycles. The van der Waals surface area contributed by atoms with E-state index >= 15 is 0 Å². The van der Waals surface area contributed by atoms with Crippen molar-refractivity contribution >= 4 is 17.5 Å². The van der Waals surface area contributed by atoms with Crippen molar-refractivity contribution < 1.29 is 9.59 Å². The van der Waals surface area contributed by atoms with Gasteiger partial charge in [0.05, 0.1) is 12.6 Å². The van der Waals surface area contributed by atoms with Gasteiger partial charge in [0.15, 0.2) is 0 Å². The number of hydrogen-bond donors (Lipinski definition) is 3. The first-order valence-corrected chi connectivity index (χ1v) is 6.90. The molecule has 1 aromatic carbocycles. The highest BCUT2D eigenvalue weighted by atomic mass is 16.2. The van der Waals surface area contributed by atoms with Crippen LogP contribution in [0, 0.1) is 6.92 Å². The number of rotatable bonds is 7. The fourth-order valence-corrected chi connectivity index (χ4v) is 1.67. The van der Waals surface area contributed by atoms with Crippen LogP contribution in [-0.4, -0.2) is 30.9 Å². The van der Waals surface area contributed by atoms with Gasteiger partial charge < -0.3 is 10.6 Å². The summed E-state index contributed by atoms with van der Waals surface area (Å²) in [5.41, 5.74) is 1.85. The monoisotopic (exact) mass is 277 g/mol. The Kier molecular flexibility index (Phi) is 6.73. The van der Waals surface area contributed by atoms with Gasteiger partial charge in [0.1, 0.15) is 0 Å². The van der Waals surface area contributed by atoms with E-state index in [4.69, 9.17) is 0 Å². The first-order chi connectivity index (χ1) is 9.52. The molecule has 0 aromatic heterocycles. The average molecular weight is 277 g/mol. The second kappa shape index (κ2) is 8.32. The average Bonchev–Trinajstić information content (AvgIpc) is 2.42. The zero-order chi connectivity index (χ0) is 15.0. The summed E-state index contributed by atoms with van der Waals surface area (Å²) in [4.78, 5) is 23.4. The molecule has 5 heteroatoms.